The Balaban J connectivity index is 1.41. The lowest BCUT2D eigenvalue weighted by molar-refractivity contribution is -0.915. The minimum Gasteiger partial charge on any atom is -0.368 e. The summed E-state index contributed by atoms with van der Waals surface area (Å²) in [7, 11) is 0. The summed E-state index contributed by atoms with van der Waals surface area (Å²) in [6.07, 6.45) is 0. The lowest BCUT2D eigenvalue weighted by Crippen LogP contribution is -3.13. The Kier molecular flexibility index (Phi) is 5.57. The van der Waals surface area contributed by atoms with Gasteiger partial charge in [0.1, 0.15) is 6.54 Å². The molecule has 1 fully saturated rings. The van der Waals surface area contributed by atoms with E-state index in [1.54, 1.807) is 0 Å². The summed E-state index contributed by atoms with van der Waals surface area (Å²) in [5.41, 5.74) is 10.6. The van der Waals surface area contributed by atoms with Gasteiger partial charge in [0, 0.05) is 11.4 Å². The van der Waals surface area contributed by atoms with Crippen LogP contribution in [0.1, 0.15) is 17.0 Å². The summed E-state index contributed by atoms with van der Waals surface area (Å²) in [5.74, 6) is 1.49. The molecule has 0 aliphatic carbocycles. The molecule has 4 rings (SSSR count). The lowest BCUT2D eigenvalue weighted by atomic mass is 10.1. The standard InChI is InChI=1S/C22H27N7/c1-16-8-9-17(2)19(14-16)24-22-26-20(25-21(23)27-22)15-28-10-12-29(13-11-28)18-6-4-3-5-7-18/h3-9,14H,10-13,15H2,1-2H3,(H3,23,24,25,26,27)/p+1. The summed E-state index contributed by atoms with van der Waals surface area (Å²) in [6.45, 7) is 9.00. The zero-order chi connectivity index (χ0) is 20.2. The van der Waals surface area contributed by atoms with Gasteiger partial charge in [-0.05, 0) is 43.2 Å². The van der Waals surface area contributed by atoms with Crippen LogP contribution in [0.4, 0.5) is 23.3 Å². The first-order valence-corrected chi connectivity index (χ1v) is 10.0. The Labute approximate surface area is 171 Å². The van der Waals surface area contributed by atoms with Gasteiger partial charge >= 0.3 is 0 Å². The maximum absolute atomic E-state index is 5.96. The van der Waals surface area contributed by atoms with Crippen LogP contribution in [0, 0.1) is 13.8 Å². The minimum atomic E-state index is 0.255. The van der Waals surface area contributed by atoms with E-state index in [9.17, 15) is 0 Å². The number of piperazine rings is 1. The highest BCUT2D eigenvalue weighted by Gasteiger charge is 2.21. The van der Waals surface area contributed by atoms with E-state index in [2.05, 4.69) is 87.5 Å². The second-order valence-electron chi connectivity index (χ2n) is 7.63. The number of nitrogens with two attached hydrogens (primary N) is 1. The molecule has 0 spiro atoms. The van der Waals surface area contributed by atoms with Crippen molar-refractivity contribution in [3.63, 3.8) is 0 Å². The van der Waals surface area contributed by atoms with E-state index < -0.39 is 0 Å². The zero-order valence-electron chi connectivity index (χ0n) is 17.0. The van der Waals surface area contributed by atoms with E-state index in [0.717, 1.165) is 49.8 Å². The van der Waals surface area contributed by atoms with Crippen LogP contribution in [0.25, 0.3) is 0 Å². The molecule has 0 atom stereocenters. The van der Waals surface area contributed by atoms with Crippen molar-refractivity contribution in [2.75, 3.05) is 42.1 Å². The second kappa shape index (κ2) is 8.45. The highest BCUT2D eigenvalue weighted by Crippen LogP contribution is 2.20. The van der Waals surface area contributed by atoms with E-state index in [1.807, 2.05) is 0 Å². The van der Waals surface area contributed by atoms with Gasteiger partial charge < -0.3 is 20.9 Å². The molecule has 2 aromatic carbocycles. The fourth-order valence-corrected chi connectivity index (χ4v) is 3.68. The van der Waals surface area contributed by atoms with Crippen LogP contribution in [0.3, 0.4) is 0 Å². The molecule has 0 radical (unpaired) electrons. The third kappa shape index (κ3) is 4.81. The van der Waals surface area contributed by atoms with Crippen LogP contribution in [0.5, 0.6) is 0 Å². The minimum absolute atomic E-state index is 0.255. The van der Waals surface area contributed by atoms with Crippen molar-refractivity contribution in [1.29, 1.82) is 0 Å². The molecule has 2 heterocycles. The quantitative estimate of drug-likeness (QED) is 0.615. The van der Waals surface area contributed by atoms with Gasteiger partial charge in [-0.25, -0.2) is 0 Å². The normalized spacial score (nSPS) is 14.8. The Hall–Kier alpha value is -3.19. The molecule has 150 valence electrons. The van der Waals surface area contributed by atoms with Crippen LogP contribution in [-0.4, -0.2) is 41.1 Å². The lowest BCUT2D eigenvalue weighted by Gasteiger charge is -2.33. The number of aromatic nitrogens is 3. The number of hydrogen-bond acceptors (Lipinski definition) is 6. The Morgan fingerprint density at radius 3 is 2.52 bits per heavy atom. The number of nitrogens with one attached hydrogen (secondary N) is 2. The third-order valence-electron chi connectivity index (χ3n) is 5.34. The van der Waals surface area contributed by atoms with Crippen LogP contribution in [0.15, 0.2) is 48.5 Å². The van der Waals surface area contributed by atoms with Crippen molar-refractivity contribution in [2.45, 2.75) is 20.4 Å². The molecular weight excluding hydrogens is 362 g/mol. The number of hydrogen-bond donors (Lipinski definition) is 3. The number of aryl methyl sites for hydroxylation is 2. The molecule has 1 aliphatic rings. The number of rotatable bonds is 5. The van der Waals surface area contributed by atoms with Crippen LogP contribution in [-0.2, 0) is 6.54 Å². The third-order valence-corrected chi connectivity index (χ3v) is 5.34. The van der Waals surface area contributed by atoms with Gasteiger partial charge in [0.15, 0.2) is 5.82 Å². The van der Waals surface area contributed by atoms with Gasteiger partial charge in [0.05, 0.1) is 26.2 Å². The van der Waals surface area contributed by atoms with Gasteiger partial charge in [0.2, 0.25) is 11.9 Å². The van der Waals surface area contributed by atoms with Gasteiger partial charge in [0.25, 0.3) is 0 Å². The number of anilines is 4. The molecule has 0 bridgehead atoms. The fraction of sp³-hybridized carbons (Fsp3) is 0.318. The Morgan fingerprint density at radius 1 is 1.00 bits per heavy atom. The van der Waals surface area contributed by atoms with Crippen LogP contribution < -0.4 is 20.9 Å². The van der Waals surface area contributed by atoms with E-state index in [1.165, 1.54) is 16.2 Å². The number of benzene rings is 2. The second-order valence-corrected chi connectivity index (χ2v) is 7.63. The average Bonchev–Trinajstić information content (AvgIpc) is 2.72. The number of nitrogen functional groups attached to an aromatic ring is 1. The summed E-state index contributed by atoms with van der Waals surface area (Å²) < 4.78 is 0. The molecular formula is C22H28N7+. The molecule has 1 aromatic heterocycles. The summed E-state index contributed by atoms with van der Waals surface area (Å²) in [4.78, 5) is 17.2. The molecule has 7 heteroatoms. The van der Waals surface area contributed by atoms with Gasteiger partial charge in [-0.2, -0.15) is 15.0 Å². The largest absolute Gasteiger partial charge is 0.368 e. The van der Waals surface area contributed by atoms with Crippen molar-refractivity contribution in [1.82, 2.24) is 15.0 Å². The predicted molar refractivity (Wildman–Crippen MR) is 116 cm³/mol. The molecule has 0 amide bonds. The van der Waals surface area contributed by atoms with E-state index in [0.29, 0.717) is 5.95 Å². The molecule has 4 N–H and O–H groups in total. The van der Waals surface area contributed by atoms with E-state index in [-0.39, 0.29) is 5.95 Å². The average molecular weight is 391 g/mol. The van der Waals surface area contributed by atoms with Crippen molar-refractivity contribution >= 4 is 23.3 Å². The highest BCUT2D eigenvalue weighted by atomic mass is 15.3. The maximum Gasteiger partial charge on any atom is 0.232 e. The van der Waals surface area contributed by atoms with Gasteiger partial charge in [-0.1, -0.05) is 30.3 Å². The number of nitrogens with zero attached hydrogens (tertiary/aromatic N) is 4. The number of quaternary nitrogens is 1. The first kappa shape index (κ1) is 19.1. The number of para-hydroxylation sites is 1. The first-order chi connectivity index (χ1) is 14.1. The van der Waals surface area contributed by atoms with Crippen molar-refractivity contribution in [3.05, 3.63) is 65.5 Å². The Bertz CT molecular complexity index is 966. The maximum atomic E-state index is 5.96. The van der Waals surface area contributed by atoms with E-state index >= 15 is 0 Å². The summed E-state index contributed by atoms with van der Waals surface area (Å²) in [5, 5.41) is 3.30. The monoisotopic (exact) mass is 390 g/mol. The van der Waals surface area contributed by atoms with Crippen molar-refractivity contribution < 1.29 is 4.90 Å². The van der Waals surface area contributed by atoms with Crippen LogP contribution in [0.2, 0.25) is 0 Å². The van der Waals surface area contributed by atoms with Crippen molar-refractivity contribution in [2.24, 2.45) is 0 Å². The Morgan fingerprint density at radius 2 is 1.76 bits per heavy atom. The molecule has 1 saturated heterocycles. The molecule has 7 nitrogen and oxygen atoms in total. The highest BCUT2D eigenvalue weighted by molar-refractivity contribution is 5.59. The summed E-state index contributed by atoms with van der Waals surface area (Å²) >= 11 is 0. The molecule has 29 heavy (non-hydrogen) atoms. The molecule has 0 saturated carbocycles. The fourth-order valence-electron chi connectivity index (χ4n) is 3.68. The molecule has 3 aromatic rings. The smallest absolute Gasteiger partial charge is 0.232 e. The zero-order valence-corrected chi connectivity index (χ0v) is 17.0. The van der Waals surface area contributed by atoms with E-state index in [4.69, 9.17) is 5.73 Å². The van der Waals surface area contributed by atoms with Crippen LogP contribution >= 0.6 is 0 Å². The predicted octanol–water partition coefficient (Wildman–Crippen LogP) is 1.72. The van der Waals surface area contributed by atoms with Gasteiger partial charge in [-0.15, -0.1) is 0 Å². The molecule has 1 aliphatic heterocycles. The van der Waals surface area contributed by atoms with Gasteiger partial charge in [-0.3, -0.25) is 0 Å². The van der Waals surface area contributed by atoms with Crippen molar-refractivity contribution in [3.8, 4) is 0 Å². The first-order valence-electron chi connectivity index (χ1n) is 10.0. The summed E-state index contributed by atoms with van der Waals surface area (Å²) in [6, 6.07) is 16.8. The topological polar surface area (TPSA) is 84.4 Å². The SMILES string of the molecule is Cc1ccc(C)c(Nc2nc(N)nc(C[NH+]3CCN(c4ccccc4)CC3)n2)c1. The molecule has 0 unspecified atom stereocenters.